The molecule has 1 saturated heterocycles. The van der Waals surface area contributed by atoms with E-state index in [0.29, 0.717) is 11.6 Å². The first-order valence-electron chi connectivity index (χ1n) is 12.6. The zero-order valence-electron chi connectivity index (χ0n) is 23.0. The summed E-state index contributed by atoms with van der Waals surface area (Å²) in [6.07, 6.45) is -6.33. The Balaban J connectivity index is 1.77. The summed E-state index contributed by atoms with van der Waals surface area (Å²) in [6.45, 7) is 0.461. The van der Waals surface area contributed by atoms with Crippen LogP contribution in [0.5, 0.6) is 5.75 Å². The van der Waals surface area contributed by atoms with Crippen molar-refractivity contribution in [1.82, 2.24) is 14.0 Å². The van der Waals surface area contributed by atoms with Gasteiger partial charge in [0, 0.05) is 13.1 Å². The van der Waals surface area contributed by atoms with Crippen LogP contribution in [0.4, 0.5) is 23.2 Å². The van der Waals surface area contributed by atoms with E-state index in [2.05, 4.69) is 4.99 Å². The Morgan fingerprint density at radius 1 is 1.13 bits per heavy atom. The highest BCUT2D eigenvalue weighted by molar-refractivity contribution is 8.15. The van der Waals surface area contributed by atoms with Crippen molar-refractivity contribution in [3.05, 3.63) is 85.4 Å². The Bertz CT molecular complexity index is 1860. The number of hydrogen-bond donors (Lipinski definition) is 2. The van der Waals surface area contributed by atoms with Gasteiger partial charge in [0.2, 0.25) is 5.91 Å². The third-order valence-electron chi connectivity index (χ3n) is 6.43. The molecule has 238 valence electrons. The lowest BCUT2D eigenvalue weighted by Gasteiger charge is -2.16. The van der Waals surface area contributed by atoms with E-state index < -0.39 is 75.4 Å². The molecule has 0 bridgehead atoms. The molecule has 1 amide bonds. The van der Waals surface area contributed by atoms with Crippen LogP contribution in [0.25, 0.3) is 5.69 Å². The van der Waals surface area contributed by atoms with E-state index in [9.17, 15) is 51.7 Å². The van der Waals surface area contributed by atoms with Crippen molar-refractivity contribution >= 4 is 52.1 Å². The number of nitrogens with zero attached hydrogens (tertiary/aromatic N) is 4. The van der Waals surface area contributed by atoms with Crippen LogP contribution in [-0.4, -0.2) is 65.2 Å². The normalized spacial score (nSPS) is 16.7. The second-order valence-electron chi connectivity index (χ2n) is 9.53. The Morgan fingerprint density at radius 2 is 1.80 bits per heavy atom. The lowest BCUT2D eigenvalue weighted by atomic mass is 10.1. The fourth-order valence-electron chi connectivity index (χ4n) is 4.24. The van der Waals surface area contributed by atoms with Crippen LogP contribution in [0.3, 0.4) is 0 Å². The van der Waals surface area contributed by atoms with Gasteiger partial charge in [-0.1, -0.05) is 41.6 Å². The number of amidine groups is 1. The predicted molar refractivity (Wildman–Crippen MR) is 153 cm³/mol. The molecule has 4 rings (SSSR count). The molecule has 2 atom stereocenters. The molecule has 0 radical (unpaired) electrons. The number of rotatable bonds is 9. The standard InChI is InChI=1S/C27H21ClF4N4O8S/c1-12(24(41)42)44-18-6-4-3-5-13(18)7-19-23(40)35(11-22(38)39)25(45-19)33-16-9-17(15(29)8-14(16)28)36-21(37)10-20(27(30,31)32)34(2)26(36)43/h3-6,8-10,12,19H,7,11H2,1-2H3,(H,38,39)(H,41,42). The van der Waals surface area contributed by atoms with Gasteiger partial charge in [-0.25, -0.2) is 23.5 Å². The Hall–Kier alpha value is -4.64. The van der Waals surface area contributed by atoms with E-state index in [1.54, 1.807) is 18.2 Å². The van der Waals surface area contributed by atoms with Crippen molar-refractivity contribution in [2.45, 2.75) is 30.9 Å². The summed E-state index contributed by atoms with van der Waals surface area (Å²) in [5.41, 5.74) is -5.30. The molecule has 0 spiro atoms. The Kier molecular flexibility index (Phi) is 9.43. The first-order valence-corrected chi connectivity index (χ1v) is 13.9. The fraction of sp³-hybridized carbons (Fsp3) is 0.259. The van der Waals surface area contributed by atoms with Crippen LogP contribution in [0.2, 0.25) is 5.02 Å². The quantitative estimate of drug-likeness (QED) is 0.325. The maximum absolute atomic E-state index is 15.0. The maximum atomic E-state index is 15.0. The minimum atomic E-state index is -5.06. The number of carboxylic acid groups (broad SMARTS) is 2. The molecular weight excluding hydrogens is 652 g/mol. The summed E-state index contributed by atoms with van der Waals surface area (Å²) in [5.74, 6) is -4.43. The number of carboxylic acids is 2. The van der Waals surface area contributed by atoms with Gasteiger partial charge in [-0.05, 0) is 37.1 Å². The van der Waals surface area contributed by atoms with Crippen molar-refractivity contribution in [2.24, 2.45) is 12.0 Å². The van der Waals surface area contributed by atoms with Gasteiger partial charge in [0.15, 0.2) is 11.3 Å². The summed E-state index contributed by atoms with van der Waals surface area (Å²) in [5, 5.41) is 17.0. The average molecular weight is 673 g/mol. The summed E-state index contributed by atoms with van der Waals surface area (Å²) >= 11 is 6.95. The van der Waals surface area contributed by atoms with Gasteiger partial charge in [-0.3, -0.25) is 23.9 Å². The number of amides is 1. The molecule has 45 heavy (non-hydrogen) atoms. The van der Waals surface area contributed by atoms with Crippen LogP contribution in [0, 0.1) is 5.82 Å². The monoisotopic (exact) mass is 672 g/mol. The number of hydrogen-bond acceptors (Lipinski definition) is 8. The zero-order chi connectivity index (χ0) is 33.4. The molecule has 0 aliphatic carbocycles. The first kappa shape index (κ1) is 33.3. The number of halogens is 5. The third-order valence-corrected chi connectivity index (χ3v) is 7.90. The van der Waals surface area contributed by atoms with Crippen LogP contribution in [0.15, 0.2) is 57.0 Å². The summed E-state index contributed by atoms with van der Waals surface area (Å²) in [4.78, 5) is 66.5. The van der Waals surface area contributed by atoms with Gasteiger partial charge in [0.1, 0.15) is 23.8 Å². The second-order valence-corrected chi connectivity index (χ2v) is 11.1. The molecule has 1 fully saturated rings. The molecule has 1 aromatic heterocycles. The highest BCUT2D eigenvalue weighted by Gasteiger charge is 2.40. The van der Waals surface area contributed by atoms with Crippen LogP contribution < -0.4 is 16.0 Å². The lowest BCUT2D eigenvalue weighted by Crippen LogP contribution is -2.41. The fourth-order valence-corrected chi connectivity index (χ4v) is 5.61. The average Bonchev–Trinajstić information content (AvgIpc) is 3.21. The number of aromatic nitrogens is 2. The number of aliphatic carboxylic acids is 2. The first-order chi connectivity index (χ1) is 21.0. The number of benzene rings is 2. The minimum absolute atomic E-state index is 0.0550. The zero-order valence-corrected chi connectivity index (χ0v) is 24.6. The number of carbonyl (C=O) groups excluding carboxylic acids is 1. The lowest BCUT2D eigenvalue weighted by molar-refractivity contribution is -0.144. The Morgan fingerprint density at radius 3 is 2.42 bits per heavy atom. The Labute approximate surface area is 259 Å². The van der Waals surface area contributed by atoms with Crippen molar-refractivity contribution in [3.63, 3.8) is 0 Å². The topological polar surface area (TPSA) is 160 Å². The van der Waals surface area contributed by atoms with Gasteiger partial charge in [-0.15, -0.1) is 0 Å². The maximum Gasteiger partial charge on any atom is 0.431 e. The molecule has 3 aromatic rings. The van der Waals surface area contributed by atoms with E-state index in [-0.39, 0.29) is 38.2 Å². The molecule has 2 heterocycles. The van der Waals surface area contributed by atoms with E-state index in [0.717, 1.165) is 29.8 Å². The highest BCUT2D eigenvalue weighted by Crippen LogP contribution is 2.37. The molecular formula is C27H21ClF4N4O8S. The molecule has 0 saturated carbocycles. The second kappa shape index (κ2) is 12.8. The SMILES string of the molecule is CC(Oc1ccccc1CC1SC(=Nc2cc(-n3c(=O)cc(C(F)(F)F)n(C)c3=O)c(F)cc2Cl)N(CC(=O)O)C1=O)C(=O)O. The van der Waals surface area contributed by atoms with Gasteiger partial charge < -0.3 is 14.9 Å². The molecule has 18 heteroatoms. The van der Waals surface area contributed by atoms with Crippen LogP contribution in [-0.2, 0) is 34.0 Å². The van der Waals surface area contributed by atoms with Gasteiger partial charge in [0.25, 0.3) is 5.56 Å². The van der Waals surface area contributed by atoms with E-state index in [1.807, 2.05) is 0 Å². The number of aliphatic imine (C=N–C) groups is 1. The number of thioether (sulfide) groups is 1. The number of alkyl halides is 3. The van der Waals surface area contributed by atoms with E-state index in [1.165, 1.54) is 13.0 Å². The van der Waals surface area contributed by atoms with E-state index in [4.69, 9.17) is 16.3 Å². The number of para-hydroxylation sites is 1. The van der Waals surface area contributed by atoms with Gasteiger partial charge >= 0.3 is 23.8 Å². The summed E-state index contributed by atoms with van der Waals surface area (Å²) in [7, 11) is 0.742. The van der Waals surface area contributed by atoms with Crippen LogP contribution in [0.1, 0.15) is 18.2 Å². The smallest absolute Gasteiger partial charge is 0.431 e. The van der Waals surface area contributed by atoms with Crippen LogP contribution >= 0.6 is 23.4 Å². The minimum Gasteiger partial charge on any atom is -0.480 e. The predicted octanol–water partition coefficient (Wildman–Crippen LogP) is 3.46. The van der Waals surface area contributed by atoms with Crippen molar-refractivity contribution in [2.75, 3.05) is 6.54 Å². The van der Waals surface area contributed by atoms with Gasteiger partial charge in [0.05, 0.1) is 21.6 Å². The summed E-state index contributed by atoms with van der Waals surface area (Å²) < 4.78 is 60.6. The number of carbonyl (C=O) groups is 3. The number of ether oxygens (including phenoxy) is 1. The third kappa shape index (κ3) is 7.04. The molecule has 12 nitrogen and oxygen atoms in total. The molecule has 2 N–H and O–H groups in total. The van der Waals surface area contributed by atoms with Crippen molar-refractivity contribution < 1.29 is 46.9 Å². The largest absolute Gasteiger partial charge is 0.480 e. The highest BCUT2D eigenvalue weighted by atomic mass is 35.5. The van der Waals surface area contributed by atoms with Crippen molar-refractivity contribution in [3.8, 4) is 11.4 Å². The van der Waals surface area contributed by atoms with Gasteiger partial charge in [-0.2, -0.15) is 13.2 Å². The molecule has 1 aliphatic heterocycles. The summed E-state index contributed by atoms with van der Waals surface area (Å²) in [6, 6.07) is 7.85. The van der Waals surface area contributed by atoms with E-state index >= 15 is 0 Å². The molecule has 2 aromatic carbocycles. The van der Waals surface area contributed by atoms with Crippen molar-refractivity contribution in [1.29, 1.82) is 0 Å². The molecule has 1 aliphatic rings. The molecule has 2 unspecified atom stereocenters.